The molecule has 1 atom stereocenters. The van der Waals surface area contributed by atoms with Gasteiger partial charge in [-0.15, -0.1) is 0 Å². The average Bonchev–Trinajstić information content (AvgIpc) is 2.50. The lowest BCUT2D eigenvalue weighted by Crippen LogP contribution is -2.14. The fourth-order valence-corrected chi connectivity index (χ4v) is 3.53. The van der Waals surface area contributed by atoms with Crippen LogP contribution in [0.3, 0.4) is 0 Å². The third-order valence-electron chi connectivity index (χ3n) is 4.18. The summed E-state index contributed by atoms with van der Waals surface area (Å²) < 4.78 is 0. The van der Waals surface area contributed by atoms with Crippen molar-refractivity contribution < 1.29 is 4.79 Å². The molecular weight excluding hydrogens is 303 g/mol. The van der Waals surface area contributed by atoms with Gasteiger partial charge in [0.25, 0.3) is 0 Å². The van der Waals surface area contributed by atoms with Gasteiger partial charge in [0.15, 0.2) is 5.78 Å². The zero-order chi connectivity index (χ0) is 14.8. The number of carbonyl (C=O) groups is 1. The van der Waals surface area contributed by atoms with E-state index in [9.17, 15) is 4.79 Å². The van der Waals surface area contributed by atoms with Gasteiger partial charge in [-0.3, -0.25) is 4.79 Å². The molecule has 0 aromatic heterocycles. The maximum absolute atomic E-state index is 12.6. The van der Waals surface area contributed by atoms with Gasteiger partial charge in [-0.05, 0) is 48.4 Å². The van der Waals surface area contributed by atoms with Crippen molar-refractivity contribution in [2.75, 3.05) is 0 Å². The van der Waals surface area contributed by atoms with Gasteiger partial charge in [0.05, 0.1) is 10.0 Å². The van der Waals surface area contributed by atoms with E-state index in [4.69, 9.17) is 23.2 Å². The first-order valence-corrected chi connectivity index (χ1v) is 7.97. The standard InChI is InChI=1S/C18H16Cl2O/c19-16-10-4-9-15(18(16)20)17(21)11-13-7-3-6-12-5-1-2-8-14(12)13/h1-2,4-5,8-10,13H,3,6-7,11H2. The summed E-state index contributed by atoms with van der Waals surface area (Å²) in [5.74, 6) is 0.363. The quantitative estimate of drug-likeness (QED) is 0.665. The van der Waals surface area contributed by atoms with Crippen LogP contribution in [0.2, 0.25) is 10.0 Å². The molecule has 1 nitrogen and oxygen atoms in total. The second kappa shape index (κ2) is 6.21. The minimum Gasteiger partial charge on any atom is -0.294 e. The molecule has 1 aliphatic carbocycles. The van der Waals surface area contributed by atoms with E-state index in [0.29, 0.717) is 22.0 Å². The second-order valence-corrected chi connectivity index (χ2v) is 6.30. The van der Waals surface area contributed by atoms with E-state index in [-0.39, 0.29) is 11.7 Å². The van der Waals surface area contributed by atoms with E-state index in [1.54, 1.807) is 18.2 Å². The molecule has 0 radical (unpaired) electrons. The summed E-state index contributed by atoms with van der Waals surface area (Å²) in [6.07, 6.45) is 3.80. The van der Waals surface area contributed by atoms with E-state index < -0.39 is 0 Å². The molecule has 0 saturated heterocycles. The largest absolute Gasteiger partial charge is 0.294 e. The van der Waals surface area contributed by atoms with Crippen LogP contribution < -0.4 is 0 Å². The van der Waals surface area contributed by atoms with Crippen molar-refractivity contribution >= 4 is 29.0 Å². The Labute approximate surface area is 134 Å². The summed E-state index contributed by atoms with van der Waals surface area (Å²) >= 11 is 12.2. The molecule has 1 aliphatic rings. The third kappa shape index (κ3) is 3.00. The van der Waals surface area contributed by atoms with Gasteiger partial charge in [-0.1, -0.05) is 53.5 Å². The minimum absolute atomic E-state index is 0.0733. The third-order valence-corrected chi connectivity index (χ3v) is 5.00. The number of halogens is 2. The first-order chi connectivity index (χ1) is 10.2. The Morgan fingerprint density at radius 2 is 1.90 bits per heavy atom. The zero-order valence-corrected chi connectivity index (χ0v) is 13.1. The summed E-state index contributed by atoms with van der Waals surface area (Å²) in [6.45, 7) is 0. The lowest BCUT2D eigenvalue weighted by molar-refractivity contribution is 0.0971. The topological polar surface area (TPSA) is 17.1 Å². The first-order valence-electron chi connectivity index (χ1n) is 7.22. The molecule has 108 valence electrons. The lowest BCUT2D eigenvalue weighted by atomic mass is 9.79. The predicted octanol–water partition coefficient (Wildman–Crippen LogP) is 5.69. The SMILES string of the molecule is O=C(CC1CCCc2ccccc21)c1cccc(Cl)c1Cl. The first kappa shape index (κ1) is 14.6. The monoisotopic (exact) mass is 318 g/mol. The number of aryl methyl sites for hydroxylation is 1. The van der Waals surface area contributed by atoms with Crippen LogP contribution in [0.25, 0.3) is 0 Å². The highest BCUT2D eigenvalue weighted by atomic mass is 35.5. The Kier molecular flexibility index (Phi) is 4.32. The van der Waals surface area contributed by atoms with Gasteiger partial charge >= 0.3 is 0 Å². The molecule has 0 saturated carbocycles. The maximum Gasteiger partial charge on any atom is 0.165 e. The van der Waals surface area contributed by atoms with Crippen LogP contribution in [-0.4, -0.2) is 5.78 Å². The molecule has 1 unspecified atom stereocenters. The second-order valence-electron chi connectivity index (χ2n) is 5.52. The zero-order valence-electron chi connectivity index (χ0n) is 11.6. The van der Waals surface area contributed by atoms with E-state index in [1.165, 1.54) is 11.1 Å². The van der Waals surface area contributed by atoms with Gasteiger partial charge in [-0.2, -0.15) is 0 Å². The van der Waals surface area contributed by atoms with Crippen LogP contribution in [-0.2, 0) is 6.42 Å². The average molecular weight is 319 g/mol. The number of fused-ring (bicyclic) bond motifs is 1. The van der Waals surface area contributed by atoms with Crippen LogP contribution in [0.4, 0.5) is 0 Å². The fourth-order valence-electron chi connectivity index (χ4n) is 3.12. The summed E-state index contributed by atoms with van der Waals surface area (Å²) in [4.78, 5) is 12.6. The van der Waals surface area contributed by atoms with Gasteiger partial charge in [0.1, 0.15) is 0 Å². The molecule has 21 heavy (non-hydrogen) atoms. The highest BCUT2D eigenvalue weighted by molar-refractivity contribution is 6.43. The number of carbonyl (C=O) groups excluding carboxylic acids is 1. The summed E-state index contributed by atoms with van der Waals surface area (Å²) in [5.41, 5.74) is 3.22. The molecule has 0 aliphatic heterocycles. The number of hydrogen-bond acceptors (Lipinski definition) is 1. The van der Waals surface area contributed by atoms with Gasteiger partial charge < -0.3 is 0 Å². The normalized spacial score (nSPS) is 17.3. The van der Waals surface area contributed by atoms with Crippen molar-refractivity contribution in [3.05, 3.63) is 69.2 Å². The molecule has 2 aromatic rings. The molecule has 0 spiro atoms. The van der Waals surface area contributed by atoms with Gasteiger partial charge in [0.2, 0.25) is 0 Å². The van der Waals surface area contributed by atoms with E-state index >= 15 is 0 Å². The maximum atomic E-state index is 12.6. The summed E-state index contributed by atoms with van der Waals surface area (Å²) in [6, 6.07) is 13.7. The Bertz CT molecular complexity index is 679. The molecule has 0 heterocycles. The number of hydrogen-bond donors (Lipinski definition) is 0. The van der Waals surface area contributed by atoms with Crippen LogP contribution in [0.15, 0.2) is 42.5 Å². The molecule has 0 N–H and O–H groups in total. The summed E-state index contributed by atoms with van der Waals surface area (Å²) in [7, 11) is 0. The van der Waals surface area contributed by atoms with E-state index in [1.807, 2.05) is 6.07 Å². The Morgan fingerprint density at radius 1 is 1.10 bits per heavy atom. The number of rotatable bonds is 3. The van der Waals surface area contributed by atoms with Crippen molar-refractivity contribution in [1.82, 2.24) is 0 Å². The van der Waals surface area contributed by atoms with Crippen LogP contribution in [0, 0.1) is 0 Å². The molecule has 0 bridgehead atoms. The highest BCUT2D eigenvalue weighted by Crippen LogP contribution is 2.36. The predicted molar refractivity (Wildman–Crippen MR) is 87.5 cm³/mol. The molecule has 0 amide bonds. The Hall–Kier alpha value is -1.31. The molecule has 3 rings (SSSR count). The fraction of sp³-hybridized carbons (Fsp3) is 0.278. The number of benzene rings is 2. The van der Waals surface area contributed by atoms with Crippen molar-refractivity contribution in [2.24, 2.45) is 0 Å². The smallest absolute Gasteiger partial charge is 0.165 e. The lowest BCUT2D eigenvalue weighted by Gasteiger charge is -2.25. The molecule has 2 aromatic carbocycles. The van der Waals surface area contributed by atoms with Crippen molar-refractivity contribution in [2.45, 2.75) is 31.6 Å². The van der Waals surface area contributed by atoms with Crippen LogP contribution >= 0.6 is 23.2 Å². The number of ketones is 1. The Morgan fingerprint density at radius 3 is 2.76 bits per heavy atom. The minimum atomic E-state index is 0.0733. The number of Topliss-reactive ketones (excluding diaryl/α,β-unsaturated/α-hetero) is 1. The van der Waals surface area contributed by atoms with E-state index in [2.05, 4.69) is 18.2 Å². The van der Waals surface area contributed by atoms with E-state index in [0.717, 1.165) is 19.3 Å². The van der Waals surface area contributed by atoms with Crippen molar-refractivity contribution in [1.29, 1.82) is 0 Å². The molecule has 0 fully saturated rings. The summed E-state index contributed by atoms with van der Waals surface area (Å²) in [5, 5.41) is 0.805. The molecular formula is C18H16Cl2O. The highest BCUT2D eigenvalue weighted by Gasteiger charge is 2.24. The van der Waals surface area contributed by atoms with Crippen LogP contribution in [0.5, 0.6) is 0 Å². The van der Waals surface area contributed by atoms with Crippen molar-refractivity contribution in [3.63, 3.8) is 0 Å². The van der Waals surface area contributed by atoms with Gasteiger partial charge in [0, 0.05) is 12.0 Å². The molecule has 3 heteroatoms. The van der Waals surface area contributed by atoms with Gasteiger partial charge in [-0.25, -0.2) is 0 Å². The Balaban J connectivity index is 1.85. The van der Waals surface area contributed by atoms with Crippen LogP contribution in [0.1, 0.15) is 46.7 Å². The van der Waals surface area contributed by atoms with Crippen molar-refractivity contribution in [3.8, 4) is 0 Å².